The highest BCUT2D eigenvalue weighted by Gasteiger charge is 2.53. The fourth-order valence-electron chi connectivity index (χ4n) is 11.0. The second-order valence-corrected chi connectivity index (χ2v) is 22.8. The van der Waals surface area contributed by atoms with Gasteiger partial charge in [0.1, 0.15) is 29.5 Å². The van der Waals surface area contributed by atoms with Crippen LogP contribution in [0.25, 0.3) is 10.9 Å². The van der Waals surface area contributed by atoms with Gasteiger partial charge in [0.05, 0.1) is 53.7 Å². The predicted octanol–water partition coefficient (Wildman–Crippen LogP) is 4.55. The first-order valence-electron chi connectivity index (χ1n) is 25.4. The number of likely N-dealkylation sites (N-methyl/N-ethyl adjacent to an activating group) is 2. The molecule has 0 bridgehead atoms. The van der Waals surface area contributed by atoms with Crippen LogP contribution in [-0.4, -0.2) is 188 Å². The zero-order chi connectivity index (χ0) is 53.8. The molecule has 5 N–H and O–H groups in total. The normalized spacial score (nSPS) is 39.1. The van der Waals surface area contributed by atoms with Gasteiger partial charge in [0.2, 0.25) is 5.43 Å². The Morgan fingerprint density at radius 2 is 1.65 bits per heavy atom. The number of carbonyl (C=O) groups is 2. The van der Waals surface area contributed by atoms with E-state index >= 15 is 0 Å². The van der Waals surface area contributed by atoms with Crippen molar-refractivity contribution in [2.24, 2.45) is 17.8 Å². The Morgan fingerprint density at radius 3 is 2.28 bits per heavy atom. The Balaban J connectivity index is 1.37. The minimum absolute atomic E-state index is 0.163. The molecule has 19 nitrogen and oxygen atoms in total. The predicted molar refractivity (Wildman–Crippen MR) is 277 cm³/mol. The van der Waals surface area contributed by atoms with E-state index in [0.717, 1.165) is 5.56 Å². The summed E-state index contributed by atoms with van der Waals surface area (Å²) in [5.41, 5.74) is -3.89. The number of carboxylic acid groups (broad SMARTS) is 1. The Morgan fingerprint density at radius 1 is 0.972 bits per heavy atom. The highest BCUT2D eigenvalue weighted by molar-refractivity contribution is 14.1. The van der Waals surface area contributed by atoms with Gasteiger partial charge in [-0.3, -0.25) is 9.59 Å². The highest BCUT2D eigenvalue weighted by atomic mass is 127. The monoisotopic (exact) mass is 1130 g/mol. The zero-order valence-corrected chi connectivity index (χ0v) is 46.9. The number of hydrogen-bond donors (Lipinski definition) is 5. The second-order valence-electron chi connectivity index (χ2n) is 21.7. The zero-order valence-electron chi connectivity index (χ0n) is 44.8. The number of carbonyl (C=O) groups excluding carboxylic acids is 1. The first kappa shape index (κ1) is 60.4. The summed E-state index contributed by atoms with van der Waals surface area (Å²) in [5, 5.41) is 57.6. The number of aromatic carboxylic acids is 1. The van der Waals surface area contributed by atoms with E-state index in [4.69, 9.17) is 37.9 Å². The molecule has 0 amide bonds. The summed E-state index contributed by atoms with van der Waals surface area (Å²) in [4.78, 5) is 43.0. The van der Waals surface area contributed by atoms with Gasteiger partial charge in [0, 0.05) is 69.4 Å². The molecule has 20 heteroatoms. The number of carboxylic acids is 1. The van der Waals surface area contributed by atoms with Crippen LogP contribution in [0.2, 0.25) is 0 Å². The molecule has 0 unspecified atom stereocenters. The fraction of sp³-hybridized carbons (Fsp3) is 0.788. The maximum absolute atomic E-state index is 14.4. The van der Waals surface area contributed by atoms with Gasteiger partial charge in [0.25, 0.3) is 0 Å². The minimum Gasteiger partial charge on any atom is -0.477 e. The Hall–Kier alpha value is -2.42. The van der Waals surface area contributed by atoms with Gasteiger partial charge in [-0.15, -0.1) is 0 Å². The number of nitrogens with zero attached hydrogens (tertiary/aromatic N) is 3. The maximum atomic E-state index is 14.4. The molecule has 410 valence electrons. The summed E-state index contributed by atoms with van der Waals surface area (Å²) in [6.45, 7) is 19.6. The van der Waals surface area contributed by atoms with Crippen molar-refractivity contribution in [3.8, 4) is 0 Å². The standard InChI is InChI=1S/C52H84IN3O16/c1-15-56-26-36(46(60)61)40(57)35-22-34(17-18-37(35)56)27-66-19-16-20-67-45-33(7)69-39(24-51(45,9)65-14)70-42-30(4)44(71-48-41(58)38(54(11)12)21-29(3)68-48)50(8,63)23-28(2)25-55(13)32(6)43(59)52(10,64)49(53)72-47(62)31(42)5/h17-18,22,26,28-33,38-39,41-45,48-49,58-59,63-64H,15-16,19-21,23-25,27H2,1-14H3,(H,60,61)/t28-,29-,30+,31-,32-,33+,38+,39+,41-,42+,43-,44-,45+,48+,49+,50-,51-,52+/m1/s1. The van der Waals surface area contributed by atoms with Gasteiger partial charge < -0.3 is 77.8 Å². The van der Waals surface area contributed by atoms with Crippen LogP contribution in [0, 0.1) is 17.8 Å². The number of aromatic nitrogens is 1. The second kappa shape index (κ2) is 25.2. The van der Waals surface area contributed by atoms with Crippen LogP contribution in [0.5, 0.6) is 0 Å². The third-order valence-corrected chi connectivity index (χ3v) is 16.8. The number of halogens is 1. The third-order valence-electron chi connectivity index (χ3n) is 15.3. The average Bonchev–Trinajstić information content (AvgIpc) is 3.30. The number of fused-ring (bicyclic) bond motifs is 1. The van der Waals surface area contributed by atoms with Gasteiger partial charge >= 0.3 is 11.9 Å². The molecule has 72 heavy (non-hydrogen) atoms. The molecular weight excluding hydrogens is 1050 g/mol. The van der Waals surface area contributed by atoms with Gasteiger partial charge in [-0.05, 0) is 142 Å². The van der Waals surface area contributed by atoms with E-state index in [0.29, 0.717) is 43.4 Å². The van der Waals surface area contributed by atoms with Crippen LogP contribution in [0.15, 0.2) is 29.2 Å². The molecule has 0 radical (unpaired) electrons. The van der Waals surface area contributed by atoms with Crippen molar-refractivity contribution in [1.29, 1.82) is 0 Å². The minimum atomic E-state index is -1.86. The maximum Gasteiger partial charge on any atom is 0.341 e. The number of ether oxygens (including phenoxy) is 8. The molecule has 1 aromatic heterocycles. The number of aliphatic hydroxyl groups is 4. The summed E-state index contributed by atoms with van der Waals surface area (Å²) >= 11 is 1.83. The molecule has 3 fully saturated rings. The van der Waals surface area contributed by atoms with Crippen LogP contribution in [-0.2, 0) is 55.8 Å². The molecule has 0 saturated carbocycles. The van der Waals surface area contributed by atoms with Crippen LogP contribution >= 0.6 is 22.6 Å². The van der Waals surface area contributed by atoms with Crippen LogP contribution < -0.4 is 5.43 Å². The SMILES string of the molecule is CCn1cc(C(=O)O)c(=O)c2cc(COCCCO[C@H]3[C@H](C)O[C@@H](O[C@H]4[C@H](C)[C@@H](O[C@@H]5O[C@H](C)C[C@H](N(C)C)[C@H]5O)[C@](C)(O)C[C@@H](C)CN(C)[C@H](C)[C@@H](O)[C@](C)(O)[C@@H](I)OC(=O)[C@@H]4C)C[C@@]3(C)OC)ccc21. The number of cyclic esters (lactones) is 1. The smallest absolute Gasteiger partial charge is 0.341 e. The van der Waals surface area contributed by atoms with E-state index in [-0.39, 0.29) is 49.7 Å². The van der Waals surface area contributed by atoms with Crippen molar-refractivity contribution in [2.45, 2.75) is 196 Å². The quantitative estimate of drug-likeness (QED) is 0.0712. The van der Waals surface area contributed by atoms with E-state index in [1.165, 1.54) is 13.1 Å². The number of methoxy groups -OCH3 is 1. The highest BCUT2D eigenvalue weighted by Crippen LogP contribution is 2.41. The fourth-order valence-corrected chi connectivity index (χ4v) is 11.6. The third kappa shape index (κ3) is 13.9. The molecule has 3 saturated heterocycles. The summed E-state index contributed by atoms with van der Waals surface area (Å²) in [7, 11) is 7.17. The van der Waals surface area contributed by atoms with Gasteiger partial charge in [-0.2, -0.15) is 0 Å². The lowest BCUT2D eigenvalue weighted by Gasteiger charge is -2.49. The van der Waals surface area contributed by atoms with Crippen molar-refractivity contribution in [1.82, 2.24) is 14.4 Å². The summed E-state index contributed by atoms with van der Waals surface area (Å²) in [5.74, 6) is -4.05. The molecule has 0 spiro atoms. The Bertz CT molecular complexity index is 2180. The topological polar surface area (TPSA) is 238 Å². The van der Waals surface area contributed by atoms with E-state index in [1.54, 1.807) is 44.6 Å². The number of esters is 1. The molecule has 5 rings (SSSR count). The molecule has 2 aromatic rings. The summed E-state index contributed by atoms with van der Waals surface area (Å²) in [6.07, 6.45) is -5.35. The molecule has 4 heterocycles. The van der Waals surface area contributed by atoms with Crippen molar-refractivity contribution in [2.75, 3.05) is 48.0 Å². The van der Waals surface area contributed by atoms with Crippen molar-refractivity contribution < 1.29 is 73.0 Å². The van der Waals surface area contributed by atoms with Crippen LogP contribution in [0.3, 0.4) is 0 Å². The van der Waals surface area contributed by atoms with Gasteiger partial charge in [0.15, 0.2) is 16.7 Å². The molecular formula is C52H84IN3O16. The number of aryl methyl sites for hydroxylation is 1. The lowest BCUT2D eigenvalue weighted by Crippen LogP contribution is -2.60. The van der Waals surface area contributed by atoms with E-state index in [9.17, 15) is 39.9 Å². The molecule has 18 atom stereocenters. The van der Waals surface area contributed by atoms with Crippen LogP contribution in [0.1, 0.15) is 111 Å². The van der Waals surface area contributed by atoms with E-state index in [2.05, 4.69) is 0 Å². The average molecular weight is 1130 g/mol. The molecule has 3 aliphatic heterocycles. The first-order valence-corrected chi connectivity index (χ1v) is 26.6. The number of aliphatic hydroxyl groups excluding tert-OH is 2. The summed E-state index contributed by atoms with van der Waals surface area (Å²) < 4.78 is 51.7. The first-order chi connectivity index (χ1) is 33.6. The number of benzene rings is 1. The number of alkyl halides is 1. The number of pyridine rings is 1. The number of hydrogen-bond acceptors (Lipinski definition) is 17. The lowest BCUT2D eigenvalue weighted by molar-refractivity contribution is -0.320. The lowest BCUT2D eigenvalue weighted by atomic mass is 9.77. The number of rotatable bonds is 15. The van der Waals surface area contributed by atoms with Gasteiger partial charge in [-0.1, -0.05) is 19.9 Å². The van der Waals surface area contributed by atoms with Crippen LogP contribution in [0.4, 0.5) is 0 Å². The molecule has 0 aliphatic carbocycles. The van der Waals surface area contributed by atoms with Gasteiger partial charge in [-0.25, -0.2) is 4.79 Å². The molecule has 1 aromatic carbocycles. The Labute approximate surface area is 438 Å². The van der Waals surface area contributed by atoms with E-state index < -0.39 is 105 Å². The largest absolute Gasteiger partial charge is 0.477 e. The van der Waals surface area contributed by atoms with Crippen molar-refractivity contribution in [3.63, 3.8) is 0 Å². The Kier molecular flexibility index (Phi) is 21.1. The van der Waals surface area contributed by atoms with Crippen molar-refractivity contribution >= 4 is 45.4 Å². The molecule has 3 aliphatic rings. The van der Waals surface area contributed by atoms with Crippen molar-refractivity contribution in [3.05, 3.63) is 45.7 Å². The van der Waals surface area contributed by atoms with E-state index in [1.807, 2.05) is 101 Å². The summed E-state index contributed by atoms with van der Waals surface area (Å²) in [6, 6.07) is 4.44.